The molecule has 2 aromatic rings. The van der Waals surface area contributed by atoms with Gasteiger partial charge in [0.2, 0.25) is 5.91 Å². The number of nitrogens with zero attached hydrogens (tertiary/aromatic N) is 1. The van der Waals surface area contributed by atoms with Gasteiger partial charge in [0.25, 0.3) is 10.0 Å². The van der Waals surface area contributed by atoms with Crippen molar-refractivity contribution >= 4 is 39.1 Å². The van der Waals surface area contributed by atoms with E-state index >= 15 is 0 Å². The Balaban J connectivity index is 1.48. The predicted octanol–water partition coefficient (Wildman–Crippen LogP) is 4.45. The molecule has 31 heavy (non-hydrogen) atoms. The van der Waals surface area contributed by atoms with Crippen molar-refractivity contribution in [3.05, 3.63) is 48.0 Å². The number of hydrogen-bond donors (Lipinski definition) is 1. The van der Waals surface area contributed by atoms with Gasteiger partial charge in [0, 0.05) is 17.5 Å². The fourth-order valence-electron chi connectivity index (χ4n) is 4.21. The Bertz CT molecular complexity index is 1030. The van der Waals surface area contributed by atoms with Crippen LogP contribution in [0, 0.1) is 0 Å². The number of benzene rings is 2. The predicted molar refractivity (Wildman–Crippen MR) is 126 cm³/mol. The molecule has 1 fully saturated rings. The van der Waals surface area contributed by atoms with E-state index in [-0.39, 0.29) is 10.8 Å². The molecule has 1 N–H and O–H groups in total. The maximum atomic E-state index is 13.2. The molecular weight excluding hydrogens is 432 g/mol. The third-order valence-corrected chi connectivity index (χ3v) is 9.04. The van der Waals surface area contributed by atoms with Gasteiger partial charge in [-0.15, -0.1) is 11.8 Å². The lowest BCUT2D eigenvalue weighted by atomic mass is 10.0. The minimum absolute atomic E-state index is 0.00429. The lowest BCUT2D eigenvalue weighted by Crippen LogP contribution is -2.35. The molecule has 0 aromatic heterocycles. The standard InChI is InChI=1S/C23H28N2O4S2/c1-29-19-9-11-21(12-10-19)31(27,28)25-14-4-5-17-15-18(8-13-22(17)25)24-23(26)16-30-20-6-2-3-7-20/h8-13,15,20H,2-7,14,16H2,1H3,(H,24,26). The Morgan fingerprint density at radius 3 is 2.58 bits per heavy atom. The summed E-state index contributed by atoms with van der Waals surface area (Å²) >= 11 is 1.74. The highest BCUT2D eigenvalue weighted by molar-refractivity contribution is 8.00. The summed E-state index contributed by atoms with van der Waals surface area (Å²) in [5, 5.41) is 3.58. The van der Waals surface area contributed by atoms with E-state index in [2.05, 4.69) is 5.32 Å². The minimum Gasteiger partial charge on any atom is -0.497 e. The number of amides is 1. The summed E-state index contributed by atoms with van der Waals surface area (Å²) in [5.41, 5.74) is 2.34. The van der Waals surface area contributed by atoms with Crippen molar-refractivity contribution in [1.82, 2.24) is 0 Å². The molecule has 1 aliphatic heterocycles. The van der Waals surface area contributed by atoms with E-state index < -0.39 is 10.0 Å². The maximum Gasteiger partial charge on any atom is 0.264 e. The molecule has 166 valence electrons. The van der Waals surface area contributed by atoms with Crippen LogP contribution in [-0.2, 0) is 21.2 Å². The quantitative estimate of drug-likeness (QED) is 0.661. The molecule has 0 saturated heterocycles. The van der Waals surface area contributed by atoms with Gasteiger partial charge in [-0.1, -0.05) is 12.8 Å². The summed E-state index contributed by atoms with van der Waals surface area (Å²) in [6.45, 7) is 0.436. The molecule has 1 amide bonds. The molecule has 0 radical (unpaired) electrons. The smallest absolute Gasteiger partial charge is 0.264 e. The van der Waals surface area contributed by atoms with Crippen LogP contribution in [0.2, 0.25) is 0 Å². The third kappa shape index (κ3) is 5.01. The van der Waals surface area contributed by atoms with Crippen molar-refractivity contribution in [3.8, 4) is 5.75 Å². The molecule has 1 heterocycles. The highest BCUT2D eigenvalue weighted by Gasteiger charge is 2.29. The van der Waals surface area contributed by atoms with Crippen LogP contribution in [0.5, 0.6) is 5.75 Å². The first-order chi connectivity index (χ1) is 15.0. The van der Waals surface area contributed by atoms with Gasteiger partial charge < -0.3 is 10.1 Å². The first-order valence-electron chi connectivity index (χ1n) is 10.7. The van der Waals surface area contributed by atoms with Gasteiger partial charge in [0.15, 0.2) is 0 Å². The first kappa shape index (κ1) is 22.0. The molecular formula is C23H28N2O4S2. The van der Waals surface area contributed by atoms with Gasteiger partial charge in [-0.25, -0.2) is 8.42 Å². The van der Waals surface area contributed by atoms with Crippen LogP contribution in [0.4, 0.5) is 11.4 Å². The minimum atomic E-state index is -3.67. The van der Waals surface area contributed by atoms with E-state index in [9.17, 15) is 13.2 Å². The molecule has 2 aromatic carbocycles. The number of ether oxygens (including phenoxy) is 1. The molecule has 6 nitrogen and oxygen atoms in total. The van der Waals surface area contributed by atoms with E-state index in [0.29, 0.717) is 29.0 Å². The average molecular weight is 461 g/mol. The van der Waals surface area contributed by atoms with Crippen molar-refractivity contribution in [1.29, 1.82) is 0 Å². The Morgan fingerprint density at radius 1 is 1.13 bits per heavy atom. The van der Waals surface area contributed by atoms with Gasteiger partial charge in [-0.3, -0.25) is 9.10 Å². The molecule has 0 unspecified atom stereocenters. The number of rotatable bonds is 7. The summed E-state index contributed by atoms with van der Waals surface area (Å²) in [5.74, 6) is 1.07. The number of carbonyl (C=O) groups excluding carboxylic acids is 1. The van der Waals surface area contributed by atoms with E-state index in [1.807, 2.05) is 6.07 Å². The summed E-state index contributed by atoms with van der Waals surface area (Å²) in [7, 11) is -2.12. The number of nitrogens with one attached hydrogen (secondary N) is 1. The third-order valence-electron chi connectivity index (χ3n) is 5.84. The van der Waals surface area contributed by atoms with Crippen LogP contribution in [0.25, 0.3) is 0 Å². The second kappa shape index (κ2) is 9.53. The number of carbonyl (C=O) groups is 1. The second-order valence-corrected chi connectivity index (χ2v) is 11.1. The van der Waals surface area contributed by atoms with E-state index in [1.165, 1.54) is 30.0 Å². The van der Waals surface area contributed by atoms with Crippen molar-refractivity contribution in [2.24, 2.45) is 0 Å². The van der Waals surface area contributed by atoms with Crippen LogP contribution in [-0.4, -0.2) is 39.0 Å². The summed E-state index contributed by atoms with van der Waals surface area (Å²) in [4.78, 5) is 12.6. The van der Waals surface area contributed by atoms with Crippen molar-refractivity contribution in [3.63, 3.8) is 0 Å². The zero-order chi connectivity index (χ0) is 21.8. The van der Waals surface area contributed by atoms with Crippen LogP contribution in [0.3, 0.4) is 0 Å². The summed E-state index contributed by atoms with van der Waals surface area (Å²) in [6, 6.07) is 11.9. The molecule has 0 spiro atoms. The Labute approximate surface area is 188 Å². The molecule has 8 heteroatoms. The van der Waals surface area contributed by atoms with Gasteiger partial charge in [0.1, 0.15) is 5.75 Å². The number of fused-ring (bicyclic) bond motifs is 1. The van der Waals surface area contributed by atoms with Gasteiger partial charge in [-0.05, 0) is 73.7 Å². The van der Waals surface area contributed by atoms with Gasteiger partial charge in [-0.2, -0.15) is 0 Å². The second-order valence-electron chi connectivity index (χ2n) is 7.97. The van der Waals surface area contributed by atoms with E-state index in [4.69, 9.17) is 4.74 Å². The normalized spacial score (nSPS) is 16.7. The molecule has 1 aliphatic carbocycles. The van der Waals surface area contributed by atoms with Crippen LogP contribution < -0.4 is 14.4 Å². The molecule has 0 bridgehead atoms. The zero-order valence-electron chi connectivity index (χ0n) is 17.7. The maximum absolute atomic E-state index is 13.2. The number of hydrogen-bond acceptors (Lipinski definition) is 5. The number of anilines is 2. The van der Waals surface area contributed by atoms with Crippen LogP contribution >= 0.6 is 11.8 Å². The van der Waals surface area contributed by atoms with Crippen molar-refractivity contribution in [2.45, 2.75) is 48.7 Å². The van der Waals surface area contributed by atoms with E-state index in [0.717, 1.165) is 24.1 Å². The number of methoxy groups -OCH3 is 1. The number of thioether (sulfide) groups is 1. The Kier molecular flexibility index (Phi) is 6.77. The Morgan fingerprint density at radius 2 is 1.87 bits per heavy atom. The lowest BCUT2D eigenvalue weighted by Gasteiger charge is -2.31. The highest BCUT2D eigenvalue weighted by Crippen LogP contribution is 2.34. The molecule has 4 rings (SSSR count). The van der Waals surface area contributed by atoms with Crippen LogP contribution in [0.1, 0.15) is 37.7 Å². The summed E-state index contributed by atoms with van der Waals surface area (Å²) < 4.78 is 33.1. The largest absolute Gasteiger partial charge is 0.497 e. The van der Waals surface area contributed by atoms with Crippen molar-refractivity contribution in [2.75, 3.05) is 29.0 Å². The summed E-state index contributed by atoms with van der Waals surface area (Å²) in [6.07, 6.45) is 6.45. The van der Waals surface area contributed by atoms with Crippen molar-refractivity contribution < 1.29 is 17.9 Å². The Hall–Kier alpha value is -2.19. The number of aryl methyl sites for hydroxylation is 1. The fourth-order valence-corrected chi connectivity index (χ4v) is 6.88. The number of sulfonamides is 1. The topological polar surface area (TPSA) is 75.7 Å². The van der Waals surface area contributed by atoms with Crippen LogP contribution in [0.15, 0.2) is 47.4 Å². The molecule has 2 aliphatic rings. The highest BCUT2D eigenvalue weighted by atomic mass is 32.2. The molecule has 0 atom stereocenters. The molecule has 1 saturated carbocycles. The van der Waals surface area contributed by atoms with Gasteiger partial charge in [0.05, 0.1) is 23.4 Å². The lowest BCUT2D eigenvalue weighted by molar-refractivity contribution is -0.113. The monoisotopic (exact) mass is 460 g/mol. The zero-order valence-corrected chi connectivity index (χ0v) is 19.3. The van der Waals surface area contributed by atoms with Gasteiger partial charge >= 0.3 is 0 Å². The SMILES string of the molecule is COc1ccc(S(=O)(=O)N2CCCc3cc(NC(=O)CSC4CCCC4)ccc32)cc1. The van der Waals surface area contributed by atoms with E-state index in [1.54, 1.807) is 55.3 Å². The fraction of sp³-hybridized carbons (Fsp3) is 0.435. The average Bonchev–Trinajstić information content (AvgIpc) is 3.31. The first-order valence-corrected chi connectivity index (χ1v) is 13.2.